The summed E-state index contributed by atoms with van der Waals surface area (Å²) in [6, 6.07) is 11.1. The van der Waals surface area contributed by atoms with Crippen molar-refractivity contribution in [2.45, 2.75) is 64.9 Å². The predicted molar refractivity (Wildman–Crippen MR) is 112 cm³/mol. The lowest BCUT2D eigenvalue weighted by molar-refractivity contribution is -0.0771. The van der Waals surface area contributed by atoms with Crippen molar-refractivity contribution in [3.05, 3.63) is 35.9 Å². The molecule has 0 aliphatic carbocycles. The van der Waals surface area contributed by atoms with Gasteiger partial charge in [0.15, 0.2) is 0 Å². The first-order chi connectivity index (χ1) is 12.6. The molecule has 3 nitrogen and oxygen atoms in total. The number of benzene rings is 1. The van der Waals surface area contributed by atoms with E-state index in [9.17, 15) is 0 Å². The summed E-state index contributed by atoms with van der Waals surface area (Å²) in [5, 5.41) is 3.69. The highest BCUT2D eigenvalue weighted by molar-refractivity contribution is 5.20. The van der Waals surface area contributed by atoms with Crippen molar-refractivity contribution in [1.82, 2.24) is 10.2 Å². The molecular formula is C23H40N2O. The van der Waals surface area contributed by atoms with Gasteiger partial charge in [-0.1, -0.05) is 44.2 Å². The van der Waals surface area contributed by atoms with E-state index in [4.69, 9.17) is 4.74 Å². The van der Waals surface area contributed by atoms with E-state index in [0.717, 1.165) is 45.1 Å². The quantitative estimate of drug-likeness (QED) is 0.580. The third-order valence-electron chi connectivity index (χ3n) is 5.89. The SMILES string of the molecule is CCN(CC)CCCNCC[C@@H](c1ccccc1)[C@H]1CCOC(C)(C)C1. The van der Waals surface area contributed by atoms with Crippen LogP contribution in [0.3, 0.4) is 0 Å². The molecule has 1 aliphatic rings. The lowest BCUT2D eigenvalue weighted by Crippen LogP contribution is -2.37. The van der Waals surface area contributed by atoms with E-state index in [1.165, 1.54) is 31.4 Å². The van der Waals surface area contributed by atoms with Crippen LogP contribution in [0.5, 0.6) is 0 Å². The van der Waals surface area contributed by atoms with Crippen LogP contribution in [-0.2, 0) is 4.74 Å². The maximum Gasteiger partial charge on any atom is 0.0629 e. The first-order valence-electron chi connectivity index (χ1n) is 10.7. The number of rotatable bonds is 11. The zero-order chi connectivity index (χ0) is 18.8. The summed E-state index contributed by atoms with van der Waals surface area (Å²) >= 11 is 0. The molecule has 1 heterocycles. The Morgan fingerprint density at radius 3 is 2.54 bits per heavy atom. The molecule has 0 unspecified atom stereocenters. The molecule has 0 aromatic heterocycles. The molecule has 1 aromatic carbocycles. The number of ether oxygens (including phenoxy) is 1. The molecule has 2 atom stereocenters. The highest BCUT2D eigenvalue weighted by Crippen LogP contribution is 2.39. The smallest absolute Gasteiger partial charge is 0.0629 e. The predicted octanol–water partition coefficient (Wildman–Crippen LogP) is 4.69. The van der Waals surface area contributed by atoms with Gasteiger partial charge in [-0.2, -0.15) is 0 Å². The monoisotopic (exact) mass is 360 g/mol. The summed E-state index contributed by atoms with van der Waals surface area (Å²) in [6.07, 6.45) is 4.80. The molecule has 1 saturated heterocycles. The Labute approximate surface area is 161 Å². The number of hydrogen-bond donors (Lipinski definition) is 1. The van der Waals surface area contributed by atoms with E-state index in [0.29, 0.717) is 5.92 Å². The highest BCUT2D eigenvalue weighted by Gasteiger charge is 2.33. The van der Waals surface area contributed by atoms with Crippen LogP contribution in [0.1, 0.15) is 64.9 Å². The molecule has 26 heavy (non-hydrogen) atoms. The number of hydrogen-bond acceptors (Lipinski definition) is 3. The van der Waals surface area contributed by atoms with Crippen LogP contribution in [0.2, 0.25) is 0 Å². The van der Waals surface area contributed by atoms with Crippen molar-refractivity contribution in [1.29, 1.82) is 0 Å². The lowest BCUT2D eigenvalue weighted by atomic mass is 9.75. The van der Waals surface area contributed by atoms with E-state index in [1.807, 2.05) is 0 Å². The molecule has 1 aromatic rings. The van der Waals surface area contributed by atoms with E-state index in [1.54, 1.807) is 0 Å². The molecule has 2 rings (SSSR count). The van der Waals surface area contributed by atoms with Crippen LogP contribution in [0.15, 0.2) is 30.3 Å². The average molecular weight is 361 g/mol. The fourth-order valence-corrected chi connectivity index (χ4v) is 4.35. The summed E-state index contributed by atoms with van der Waals surface area (Å²) < 4.78 is 5.96. The Bertz CT molecular complexity index is 484. The second-order valence-corrected chi connectivity index (χ2v) is 8.30. The normalized spacial score (nSPS) is 21.0. The Hall–Kier alpha value is -0.900. The van der Waals surface area contributed by atoms with Gasteiger partial charge in [-0.15, -0.1) is 0 Å². The first-order valence-corrected chi connectivity index (χ1v) is 10.7. The van der Waals surface area contributed by atoms with Gasteiger partial charge in [0.05, 0.1) is 5.60 Å². The summed E-state index contributed by atoms with van der Waals surface area (Å²) in [5.74, 6) is 1.35. The molecule has 0 amide bonds. The lowest BCUT2D eigenvalue weighted by Gasteiger charge is -2.39. The van der Waals surface area contributed by atoms with Crippen LogP contribution in [0, 0.1) is 5.92 Å². The van der Waals surface area contributed by atoms with Gasteiger partial charge in [-0.25, -0.2) is 0 Å². The zero-order valence-electron chi connectivity index (χ0n) is 17.5. The molecule has 3 heteroatoms. The minimum absolute atomic E-state index is 0.0210. The van der Waals surface area contributed by atoms with Crippen LogP contribution in [-0.4, -0.2) is 49.8 Å². The molecule has 0 spiro atoms. The van der Waals surface area contributed by atoms with Gasteiger partial charge in [-0.3, -0.25) is 0 Å². The van der Waals surface area contributed by atoms with Crippen molar-refractivity contribution >= 4 is 0 Å². The maximum atomic E-state index is 5.96. The molecule has 1 N–H and O–H groups in total. The van der Waals surface area contributed by atoms with E-state index in [-0.39, 0.29) is 5.60 Å². The first kappa shape index (κ1) is 21.4. The minimum Gasteiger partial charge on any atom is -0.376 e. The summed E-state index contributed by atoms with van der Waals surface area (Å²) in [5.41, 5.74) is 1.52. The Morgan fingerprint density at radius 2 is 1.88 bits per heavy atom. The van der Waals surface area contributed by atoms with Crippen molar-refractivity contribution in [2.75, 3.05) is 39.3 Å². The largest absolute Gasteiger partial charge is 0.376 e. The molecule has 148 valence electrons. The number of nitrogens with one attached hydrogen (secondary N) is 1. The van der Waals surface area contributed by atoms with Gasteiger partial charge < -0.3 is 15.0 Å². The van der Waals surface area contributed by atoms with E-state index < -0.39 is 0 Å². The van der Waals surface area contributed by atoms with E-state index >= 15 is 0 Å². The maximum absolute atomic E-state index is 5.96. The zero-order valence-corrected chi connectivity index (χ0v) is 17.5. The molecule has 0 saturated carbocycles. The van der Waals surface area contributed by atoms with Gasteiger partial charge in [-0.05, 0) is 89.7 Å². The summed E-state index contributed by atoms with van der Waals surface area (Å²) in [6.45, 7) is 15.6. The Balaban J connectivity index is 1.83. The van der Waals surface area contributed by atoms with Crippen LogP contribution in [0.25, 0.3) is 0 Å². The van der Waals surface area contributed by atoms with Gasteiger partial charge in [0.2, 0.25) is 0 Å². The van der Waals surface area contributed by atoms with Crippen molar-refractivity contribution in [3.63, 3.8) is 0 Å². The molecular weight excluding hydrogens is 320 g/mol. The van der Waals surface area contributed by atoms with Gasteiger partial charge in [0, 0.05) is 6.61 Å². The summed E-state index contributed by atoms with van der Waals surface area (Å²) in [7, 11) is 0. The van der Waals surface area contributed by atoms with Crippen LogP contribution < -0.4 is 5.32 Å². The average Bonchev–Trinajstić information content (AvgIpc) is 2.64. The second-order valence-electron chi connectivity index (χ2n) is 8.30. The standard InChI is InChI=1S/C23H40N2O/c1-5-25(6-2)17-10-15-24-16-13-22(20-11-8-7-9-12-20)21-14-18-26-23(3,4)19-21/h7-9,11-12,21-22,24H,5-6,10,13-19H2,1-4H3/t21-,22-/m0/s1. The van der Waals surface area contributed by atoms with Gasteiger partial charge >= 0.3 is 0 Å². The second kappa shape index (κ2) is 11.1. The molecule has 1 aliphatic heterocycles. The third kappa shape index (κ3) is 7.02. The van der Waals surface area contributed by atoms with Crippen LogP contribution in [0.4, 0.5) is 0 Å². The van der Waals surface area contributed by atoms with E-state index in [2.05, 4.69) is 68.2 Å². The third-order valence-corrected chi connectivity index (χ3v) is 5.89. The molecule has 1 fully saturated rings. The van der Waals surface area contributed by atoms with Crippen molar-refractivity contribution in [3.8, 4) is 0 Å². The molecule has 0 radical (unpaired) electrons. The fraction of sp³-hybridized carbons (Fsp3) is 0.739. The Kier molecular flexibility index (Phi) is 9.10. The van der Waals surface area contributed by atoms with Gasteiger partial charge in [0.1, 0.15) is 0 Å². The van der Waals surface area contributed by atoms with Crippen LogP contribution >= 0.6 is 0 Å². The van der Waals surface area contributed by atoms with Crippen molar-refractivity contribution < 1.29 is 4.74 Å². The molecule has 0 bridgehead atoms. The van der Waals surface area contributed by atoms with Gasteiger partial charge in [0.25, 0.3) is 0 Å². The fourth-order valence-electron chi connectivity index (χ4n) is 4.35. The highest BCUT2D eigenvalue weighted by atomic mass is 16.5. The summed E-state index contributed by atoms with van der Waals surface area (Å²) in [4.78, 5) is 2.50. The number of nitrogens with zero attached hydrogens (tertiary/aromatic N) is 1. The Morgan fingerprint density at radius 1 is 1.15 bits per heavy atom. The van der Waals surface area contributed by atoms with Crippen molar-refractivity contribution in [2.24, 2.45) is 5.92 Å². The minimum atomic E-state index is 0.0210. The topological polar surface area (TPSA) is 24.5 Å².